The monoisotopic (exact) mass is 344 g/mol. The zero-order valence-corrected chi connectivity index (χ0v) is 12.9. The summed E-state index contributed by atoms with van der Waals surface area (Å²) in [6.07, 6.45) is 1.75. The van der Waals surface area contributed by atoms with Crippen molar-refractivity contribution in [3.8, 4) is 0 Å². The van der Waals surface area contributed by atoms with E-state index in [1.165, 1.54) is 0 Å². The first kappa shape index (κ1) is 16.2. The van der Waals surface area contributed by atoms with Crippen molar-refractivity contribution in [3.05, 3.63) is 22.4 Å². The molecule has 0 saturated carbocycles. The predicted molar refractivity (Wildman–Crippen MR) is 76.8 cm³/mol. The van der Waals surface area contributed by atoms with Gasteiger partial charge in [0.25, 0.3) is 5.91 Å². The van der Waals surface area contributed by atoms with E-state index >= 15 is 0 Å². The average molecular weight is 345 g/mol. The van der Waals surface area contributed by atoms with Crippen molar-refractivity contribution >= 4 is 33.7 Å². The van der Waals surface area contributed by atoms with Gasteiger partial charge >= 0.3 is 0 Å². The Hall–Kier alpha value is -1.83. The first-order valence-corrected chi connectivity index (χ1v) is 6.75. The van der Waals surface area contributed by atoms with Crippen LogP contribution in [0.15, 0.2) is 16.7 Å². The molecule has 8 heteroatoms. The predicted octanol–water partition coefficient (Wildman–Crippen LogP) is 0.244. The summed E-state index contributed by atoms with van der Waals surface area (Å²) in [7, 11) is 0. The fourth-order valence-corrected chi connectivity index (χ4v) is 2.22. The third-order valence-corrected chi connectivity index (χ3v) is 3.00. The van der Waals surface area contributed by atoms with Crippen LogP contribution in [-0.2, 0) is 9.59 Å². The lowest BCUT2D eigenvalue weighted by atomic mass is 10.3. The fraction of sp³-hybridized carbons (Fsp3) is 0.417. The third-order valence-electron chi connectivity index (χ3n) is 2.57. The Balaban J connectivity index is 3.11. The van der Waals surface area contributed by atoms with Gasteiger partial charge in [0.05, 0.1) is 0 Å². The first-order chi connectivity index (χ1) is 9.22. The number of nitrogens with two attached hydrogens (primary N) is 2. The van der Waals surface area contributed by atoms with Crippen molar-refractivity contribution in [1.82, 2.24) is 9.47 Å². The highest BCUT2D eigenvalue weighted by Gasteiger charge is 2.23. The first-order valence-electron chi connectivity index (χ1n) is 5.95. The quantitative estimate of drug-likeness (QED) is 0.770. The maximum absolute atomic E-state index is 12.4. The van der Waals surface area contributed by atoms with Gasteiger partial charge in [0.2, 0.25) is 11.8 Å². The molecule has 0 unspecified atom stereocenters. The van der Waals surface area contributed by atoms with Gasteiger partial charge in [-0.15, -0.1) is 0 Å². The summed E-state index contributed by atoms with van der Waals surface area (Å²) in [5.41, 5.74) is 10.5. The van der Waals surface area contributed by atoms with E-state index in [1.54, 1.807) is 16.8 Å². The number of aromatic nitrogens is 1. The maximum Gasteiger partial charge on any atom is 0.271 e. The van der Waals surface area contributed by atoms with Crippen molar-refractivity contribution in [2.75, 3.05) is 13.1 Å². The number of hydrogen-bond acceptors (Lipinski definition) is 3. The van der Waals surface area contributed by atoms with Gasteiger partial charge in [-0.05, 0) is 35.8 Å². The Labute approximate surface area is 125 Å². The average Bonchev–Trinajstić information content (AvgIpc) is 2.68. The number of hydrogen-bond donors (Lipinski definition) is 2. The number of carbonyl (C=O) groups is 3. The lowest BCUT2D eigenvalue weighted by Gasteiger charge is -2.21. The van der Waals surface area contributed by atoms with Gasteiger partial charge in [0, 0.05) is 16.7 Å². The Kier molecular flexibility index (Phi) is 5.32. The second-order valence-electron chi connectivity index (χ2n) is 4.64. The van der Waals surface area contributed by atoms with Gasteiger partial charge in [0.15, 0.2) is 0 Å². The van der Waals surface area contributed by atoms with E-state index in [1.807, 2.05) is 13.8 Å². The minimum absolute atomic E-state index is 0.0456. The molecule has 0 spiro atoms. The van der Waals surface area contributed by atoms with Crippen LogP contribution in [0.3, 0.4) is 0 Å². The molecule has 0 aliphatic heterocycles. The van der Waals surface area contributed by atoms with E-state index in [0.29, 0.717) is 5.69 Å². The molecule has 1 aromatic heterocycles. The zero-order chi connectivity index (χ0) is 15.4. The standard InChI is InChI=1S/C12H17BrN4O3/c1-7(2)17-4-8(13)3-9(17)12(20)16(5-10(14)18)6-11(15)19/h3-4,7H,5-6H2,1-2H3,(H2,14,18)(H2,15,19). The van der Waals surface area contributed by atoms with E-state index in [2.05, 4.69) is 15.9 Å². The van der Waals surface area contributed by atoms with Crippen molar-refractivity contribution in [2.45, 2.75) is 19.9 Å². The Bertz CT molecular complexity index is 523. The number of nitrogens with zero attached hydrogens (tertiary/aromatic N) is 2. The van der Waals surface area contributed by atoms with Crippen molar-refractivity contribution in [3.63, 3.8) is 0 Å². The molecule has 0 aliphatic carbocycles. The number of primary amides is 2. The number of halogens is 1. The maximum atomic E-state index is 12.4. The van der Waals surface area contributed by atoms with Crippen LogP contribution in [0.5, 0.6) is 0 Å². The Morgan fingerprint density at radius 3 is 2.15 bits per heavy atom. The summed E-state index contributed by atoms with van der Waals surface area (Å²) < 4.78 is 2.47. The molecule has 0 bridgehead atoms. The molecule has 7 nitrogen and oxygen atoms in total. The molecule has 20 heavy (non-hydrogen) atoms. The summed E-state index contributed by atoms with van der Waals surface area (Å²) in [4.78, 5) is 35.5. The van der Waals surface area contributed by atoms with Gasteiger partial charge in [-0.3, -0.25) is 14.4 Å². The van der Waals surface area contributed by atoms with Crippen LogP contribution in [0.25, 0.3) is 0 Å². The molecule has 1 heterocycles. The highest BCUT2D eigenvalue weighted by atomic mass is 79.9. The van der Waals surface area contributed by atoms with Gasteiger partial charge in [0.1, 0.15) is 18.8 Å². The van der Waals surface area contributed by atoms with Crippen LogP contribution >= 0.6 is 15.9 Å². The van der Waals surface area contributed by atoms with Gasteiger partial charge < -0.3 is 20.9 Å². The number of rotatable bonds is 6. The van der Waals surface area contributed by atoms with Crippen LogP contribution < -0.4 is 11.5 Å². The molecule has 3 amide bonds. The topological polar surface area (TPSA) is 111 Å². The van der Waals surface area contributed by atoms with Gasteiger partial charge in [-0.2, -0.15) is 0 Å². The molecular formula is C12H17BrN4O3. The van der Waals surface area contributed by atoms with Crippen LogP contribution in [0.4, 0.5) is 0 Å². The number of amides is 3. The summed E-state index contributed by atoms with van der Waals surface area (Å²) >= 11 is 3.30. The molecule has 0 aliphatic rings. The van der Waals surface area contributed by atoms with Crippen LogP contribution in [-0.4, -0.2) is 40.3 Å². The summed E-state index contributed by atoms with van der Waals surface area (Å²) in [5.74, 6) is -1.88. The van der Waals surface area contributed by atoms with E-state index in [0.717, 1.165) is 9.37 Å². The molecule has 0 aromatic carbocycles. The fourth-order valence-electron chi connectivity index (χ4n) is 1.78. The summed E-state index contributed by atoms with van der Waals surface area (Å²) in [5, 5.41) is 0. The molecule has 110 valence electrons. The second-order valence-corrected chi connectivity index (χ2v) is 5.55. The van der Waals surface area contributed by atoms with E-state index in [-0.39, 0.29) is 19.1 Å². The molecule has 0 saturated heterocycles. The highest BCUT2D eigenvalue weighted by molar-refractivity contribution is 9.10. The van der Waals surface area contributed by atoms with Crippen molar-refractivity contribution in [2.24, 2.45) is 11.5 Å². The smallest absolute Gasteiger partial charge is 0.271 e. The van der Waals surface area contributed by atoms with Gasteiger partial charge in [-0.25, -0.2) is 0 Å². The molecule has 1 aromatic rings. The highest BCUT2D eigenvalue weighted by Crippen LogP contribution is 2.20. The molecule has 1 rings (SSSR count). The Morgan fingerprint density at radius 1 is 1.25 bits per heavy atom. The minimum atomic E-state index is -0.707. The number of carbonyl (C=O) groups excluding carboxylic acids is 3. The zero-order valence-electron chi connectivity index (χ0n) is 11.3. The van der Waals surface area contributed by atoms with E-state index < -0.39 is 17.7 Å². The van der Waals surface area contributed by atoms with Crippen LogP contribution in [0, 0.1) is 0 Å². The minimum Gasteiger partial charge on any atom is -0.368 e. The molecule has 4 N–H and O–H groups in total. The SMILES string of the molecule is CC(C)n1cc(Br)cc1C(=O)N(CC(N)=O)CC(N)=O. The lowest BCUT2D eigenvalue weighted by Crippen LogP contribution is -2.44. The van der Waals surface area contributed by atoms with E-state index in [4.69, 9.17) is 11.5 Å². The molecular weight excluding hydrogens is 328 g/mol. The summed E-state index contributed by atoms with van der Waals surface area (Å²) in [6.45, 7) is 3.11. The largest absolute Gasteiger partial charge is 0.368 e. The van der Waals surface area contributed by atoms with E-state index in [9.17, 15) is 14.4 Å². The normalized spacial score (nSPS) is 10.6. The van der Waals surface area contributed by atoms with Crippen molar-refractivity contribution in [1.29, 1.82) is 0 Å². The second kappa shape index (κ2) is 6.56. The van der Waals surface area contributed by atoms with Crippen LogP contribution in [0.1, 0.15) is 30.4 Å². The molecule has 0 fully saturated rings. The van der Waals surface area contributed by atoms with Gasteiger partial charge in [-0.1, -0.05) is 0 Å². The Morgan fingerprint density at radius 2 is 1.75 bits per heavy atom. The van der Waals surface area contributed by atoms with Crippen LogP contribution in [0.2, 0.25) is 0 Å². The molecule has 0 radical (unpaired) electrons. The van der Waals surface area contributed by atoms with Crippen molar-refractivity contribution < 1.29 is 14.4 Å². The lowest BCUT2D eigenvalue weighted by molar-refractivity contribution is -0.121. The summed E-state index contributed by atoms with van der Waals surface area (Å²) in [6, 6.07) is 1.67. The third kappa shape index (κ3) is 4.09. The molecule has 0 atom stereocenters.